The highest BCUT2D eigenvalue weighted by atomic mass is 32.1. The van der Waals surface area contributed by atoms with E-state index >= 15 is 0 Å². The Hall–Kier alpha value is -2.18. The number of nitrogens with one attached hydrogen (secondary N) is 1. The van der Waals surface area contributed by atoms with Gasteiger partial charge in [0.1, 0.15) is 0 Å². The lowest BCUT2D eigenvalue weighted by molar-refractivity contribution is -0.120. The maximum absolute atomic E-state index is 12.3. The van der Waals surface area contributed by atoms with Gasteiger partial charge in [0.15, 0.2) is 0 Å². The van der Waals surface area contributed by atoms with E-state index in [0.29, 0.717) is 11.3 Å². The van der Waals surface area contributed by atoms with E-state index in [1.54, 1.807) is 35.6 Å². The summed E-state index contributed by atoms with van der Waals surface area (Å²) in [6, 6.07) is 8.36. The summed E-state index contributed by atoms with van der Waals surface area (Å²) in [5, 5.41) is 4.91. The minimum absolute atomic E-state index is 0.0893. The Morgan fingerprint density at radius 1 is 1.26 bits per heavy atom. The lowest BCUT2D eigenvalue weighted by Gasteiger charge is -2.23. The second-order valence-electron chi connectivity index (χ2n) is 5.55. The Bertz CT molecular complexity index is 694. The largest absolute Gasteiger partial charge is 0.366 e. The predicted octanol–water partition coefficient (Wildman–Crippen LogP) is 2.61. The zero-order valence-electron chi connectivity index (χ0n) is 13.5. The molecule has 2 amide bonds. The molecule has 6 heteroatoms. The van der Waals surface area contributed by atoms with Crippen LogP contribution >= 0.6 is 11.3 Å². The van der Waals surface area contributed by atoms with E-state index in [0.717, 1.165) is 6.54 Å². The number of likely N-dealkylation sites (N-methyl/N-ethyl adjacent to an activating group) is 1. The van der Waals surface area contributed by atoms with Crippen molar-refractivity contribution in [3.8, 4) is 0 Å². The Morgan fingerprint density at radius 2 is 1.91 bits per heavy atom. The van der Waals surface area contributed by atoms with E-state index in [2.05, 4.69) is 23.7 Å². The molecule has 0 spiro atoms. The molecule has 2 aromatic rings. The van der Waals surface area contributed by atoms with Gasteiger partial charge in [0.05, 0.1) is 6.04 Å². The highest BCUT2D eigenvalue weighted by molar-refractivity contribution is 7.10. The van der Waals surface area contributed by atoms with E-state index in [-0.39, 0.29) is 11.9 Å². The van der Waals surface area contributed by atoms with Gasteiger partial charge in [0.2, 0.25) is 11.8 Å². The average Bonchev–Trinajstić information content (AvgIpc) is 2.92. The molecule has 0 unspecified atom stereocenters. The van der Waals surface area contributed by atoms with Crippen molar-refractivity contribution in [3.05, 3.63) is 51.7 Å². The van der Waals surface area contributed by atoms with E-state index in [9.17, 15) is 9.59 Å². The molecule has 2 rings (SSSR count). The number of thiophene rings is 1. The number of benzene rings is 1. The van der Waals surface area contributed by atoms with Crippen LogP contribution in [0.5, 0.6) is 0 Å². The first kappa shape index (κ1) is 17.2. The number of amides is 2. The van der Waals surface area contributed by atoms with E-state index in [1.165, 1.54) is 10.4 Å². The minimum atomic E-state index is -0.484. The molecule has 0 radical (unpaired) electrons. The molecule has 0 bridgehead atoms. The number of carbonyl (C=O) groups is 2. The van der Waals surface area contributed by atoms with Crippen LogP contribution < -0.4 is 11.1 Å². The summed E-state index contributed by atoms with van der Waals surface area (Å²) < 4.78 is 0. The SMILES string of the molecule is Cc1ccsc1CN(C)[C@@H](C)C(=O)Nc1ccc(C(N)=O)cc1. The summed E-state index contributed by atoms with van der Waals surface area (Å²) in [4.78, 5) is 26.7. The predicted molar refractivity (Wildman–Crippen MR) is 93.6 cm³/mol. The lowest BCUT2D eigenvalue weighted by atomic mass is 10.2. The van der Waals surface area contributed by atoms with Gasteiger partial charge in [-0.2, -0.15) is 0 Å². The Labute approximate surface area is 140 Å². The molecule has 1 atom stereocenters. The summed E-state index contributed by atoms with van der Waals surface area (Å²) in [5.74, 6) is -0.573. The fraction of sp³-hybridized carbons (Fsp3) is 0.294. The first-order valence-corrected chi connectivity index (χ1v) is 8.20. The van der Waals surface area contributed by atoms with E-state index < -0.39 is 5.91 Å². The second-order valence-corrected chi connectivity index (χ2v) is 6.55. The standard InChI is InChI=1S/C17H21N3O2S/c1-11-8-9-23-15(11)10-20(3)12(2)17(22)19-14-6-4-13(5-7-14)16(18)21/h4-9,12H,10H2,1-3H3,(H2,18,21)(H,19,22)/t12-/m0/s1. The third-order valence-electron chi connectivity index (χ3n) is 3.84. The van der Waals surface area contributed by atoms with Crippen molar-refractivity contribution in [1.82, 2.24) is 4.90 Å². The van der Waals surface area contributed by atoms with Crippen molar-refractivity contribution in [3.63, 3.8) is 0 Å². The number of primary amides is 1. The minimum Gasteiger partial charge on any atom is -0.366 e. The normalized spacial score (nSPS) is 12.2. The first-order valence-electron chi connectivity index (χ1n) is 7.32. The fourth-order valence-electron chi connectivity index (χ4n) is 2.09. The van der Waals surface area contributed by atoms with E-state index in [4.69, 9.17) is 5.73 Å². The molecule has 1 aromatic heterocycles. The second kappa shape index (κ2) is 7.39. The maximum Gasteiger partial charge on any atom is 0.248 e. The maximum atomic E-state index is 12.3. The van der Waals surface area contributed by atoms with Crippen LogP contribution in [-0.4, -0.2) is 29.8 Å². The summed E-state index contributed by atoms with van der Waals surface area (Å²) in [5.41, 5.74) is 7.51. The van der Waals surface area contributed by atoms with Gasteiger partial charge in [-0.15, -0.1) is 11.3 Å². The fourth-order valence-corrected chi connectivity index (χ4v) is 3.06. The summed E-state index contributed by atoms with van der Waals surface area (Å²) >= 11 is 1.70. The van der Waals surface area contributed by atoms with E-state index in [1.807, 2.05) is 18.9 Å². The molecule has 1 heterocycles. The number of rotatable bonds is 6. The van der Waals surface area contributed by atoms with Crippen molar-refractivity contribution >= 4 is 28.8 Å². The van der Waals surface area contributed by atoms with Crippen molar-refractivity contribution in [2.75, 3.05) is 12.4 Å². The van der Waals surface area contributed by atoms with Crippen LogP contribution in [0.25, 0.3) is 0 Å². The Balaban J connectivity index is 1.96. The van der Waals surface area contributed by atoms with Gasteiger partial charge in [-0.25, -0.2) is 0 Å². The monoisotopic (exact) mass is 331 g/mol. The molecule has 0 aliphatic rings. The van der Waals surface area contributed by atoms with Crippen LogP contribution in [0.2, 0.25) is 0 Å². The molecule has 1 aromatic carbocycles. The Morgan fingerprint density at radius 3 is 2.43 bits per heavy atom. The molecule has 0 aliphatic heterocycles. The van der Waals surface area contributed by atoms with Crippen LogP contribution in [0, 0.1) is 6.92 Å². The van der Waals surface area contributed by atoms with Crippen LogP contribution in [-0.2, 0) is 11.3 Å². The highest BCUT2D eigenvalue weighted by Gasteiger charge is 2.19. The number of hydrogen-bond acceptors (Lipinski definition) is 4. The van der Waals surface area contributed by atoms with Gasteiger partial charge in [0, 0.05) is 22.7 Å². The van der Waals surface area contributed by atoms with Gasteiger partial charge in [0.25, 0.3) is 0 Å². The van der Waals surface area contributed by atoms with Crippen molar-refractivity contribution in [2.24, 2.45) is 5.73 Å². The molecule has 3 N–H and O–H groups in total. The van der Waals surface area contributed by atoms with Gasteiger partial charge >= 0.3 is 0 Å². The summed E-state index contributed by atoms with van der Waals surface area (Å²) in [6.45, 7) is 4.68. The molecular weight excluding hydrogens is 310 g/mol. The number of hydrogen-bond donors (Lipinski definition) is 2. The summed E-state index contributed by atoms with van der Waals surface area (Å²) in [7, 11) is 1.93. The number of carbonyl (C=O) groups excluding carboxylic acids is 2. The van der Waals surface area contributed by atoms with Crippen LogP contribution in [0.4, 0.5) is 5.69 Å². The lowest BCUT2D eigenvalue weighted by Crippen LogP contribution is -2.39. The number of aryl methyl sites for hydroxylation is 1. The van der Waals surface area contributed by atoms with Crippen molar-refractivity contribution in [2.45, 2.75) is 26.4 Å². The molecule has 122 valence electrons. The first-order chi connectivity index (χ1) is 10.9. The van der Waals surface area contributed by atoms with Crippen molar-refractivity contribution in [1.29, 1.82) is 0 Å². The summed E-state index contributed by atoms with van der Waals surface area (Å²) in [6.07, 6.45) is 0. The van der Waals surface area contributed by atoms with Crippen LogP contribution in [0.15, 0.2) is 35.7 Å². The van der Waals surface area contributed by atoms with Crippen LogP contribution in [0.1, 0.15) is 27.7 Å². The highest BCUT2D eigenvalue weighted by Crippen LogP contribution is 2.18. The average molecular weight is 331 g/mol. The van der Waals surface area contributed by atoms with Gasteiger partial charge in [-0.05, 0) is 62.2 Å². The smallest absolute Gasteiger partial charge is 0.248 e. The molecule has 0 saturated carbocycles. The molecule has 5 nitrogen and oxygen atoms in total. The zero-order chi connectivity index (χ0) is 17.0. The molecule has 0 fully saturated rings. The molecule has 23 heavy (non-hydrogen) atoms. The topological polar surface area (TPSA) is 75.4 Å². The molecular formula is C17H21N3O2S. The van der Waals surface area contributed by atoms with Gasteiger partial charge in [-0.1, -0.05) is 0 Å². The Kier molecular flexibility index (Phi) is 5.52. The number of nitrogens with two attached hydrogens (primary N) is 1. The zero-order valence-corrected chi connectivity index (χ0v) is 14.3. The van der Waals surface area contributed by atoms with Gasteiger partial charge in [-0.3, -0.25) is 14.5 Å². The third kappa shape index (κ3) is 4.40. The van der Waals surface area contributed by atoms with Crippen molar-refractivity contribution < 1.29 is 9.59 Å². The molecule has 0 saturated heterocycles. The molecule has 0 aliphatic carbocycles. The van der Waals surface area contributed by atoms with Crippen LogP contribution in [0.3, 0.4) is 0 Å². The number of anilines is 1. The third-order valence-corrected chi connectivity index (χ3v) is 4.85. The quantitative estimate of drug-likeness (QED) is 0.854. The number of nitrogens with zero attached hydrogens (tertiary/aromatic N) is 1. The van der Waals surface area contributed by atoms with Gasteiger partial charge < -0.3 is 11.1 Å².